The summed E-state index contributed by atoms with van der Waals surface area (Å²) in [6.07, 6.45) is -7.27. The highest BCUT2D eigenvalue weighted by molar-refractivity contribution is 5.98. The number of rotatable bonds is 3. The van der Waals surface area contributed by atoms with Crippen molar-refractivity contribution in [2.45, 2.75) is 12.4 Å². The number of imidazole rings is 1. The van der Waals surface area contributed by atoms with Gasteiger partial charge in [0, 0.05) is 11.9 Å². The van der Waals surface area contributed by atoms with E-state index >= 15 is 0 Å². The summed E-state index contributed by atoms with van der Waals surface area (Å²) in [6, 6.07) is 8.31. The monoisotopic (exact) mass is 466 g/mol. The van der Waals surface area contributed by atoms with Crippen LogP contribution in [0, 0.1) is 0 Å². The summed E-state index contributed by atoms with van der Waals surface area (Å²) in [5.74, 6) is 0.0956. The van der Waals surface area contributed by atoms with Crippen molar-refractivity contribution in [2.75, 3.05) is 10.6 Å². The first-order valence-electron chi connectivity index (χ1n) is 9.14. The van der Waals surface area contributed by atoms with Gasteiger partial charge in [0.25, 0.3) is 0 Å². The molecule has 2 amide bonds. The lowest BCUT2D eigenvalue weighted by atomic mass is 10.1. The van der Waals surface area contributed by atoms with Gasteiger partial charge in [-0.3, -0.25) is 9.88 Å². The molecule has 13 heteroatoms. The Hall–Kier alpha value is -4.16. The average molecular weight is 466 g/mol. The molecule has 0 atom stereocenters. The maximum atomic E-state index is 13.0. The number of urea groups is 1. The molecule has 2 aromatic heterocycles. The fraction of sp³-hybridized carbons (Fsp3) is 0.100. The van der Waals surface area contributed by atoms with Gasteiger partial charge in [0.05, 0.1) is 22.2 Å². The molecule has 0 bridgehead atoms. The Morgan fingerprint density at radius 1 is 0.848 bits per heavy atom. The summed E-state index contributed by atoms with van der Waals surface area (Å²) < 4.78 is 79.5. The van der Waals surface area contributed by atoms with Crippen LogP contribution in [0.15, 0.2) is 61.1 Å². The molecule has 0 fully saturated rings. The van der Waals surface area contributed by atoms with E-state index in [-0.39, 0.29) is 12.0 Å². The van der Waals surface area contributed by atoms with Gasteiger partial charge in [0.1, 0.15) is 12.1 Å². The molecule has 4 rings (SSSR count). The van der Waals surface area contributed by atoms with E-state index in [1.165, 1.54) is 18.6 Å². The van der Waals surface area contributed by atoms with Gasteiger partial charge in [-0.15, -0.1) is 0 Å². The molecular formula is C20H12F6N6O. The van der Waals surface area contributed by atoms with Crippen LogP contribution in [-0.4, -0.2) is 25.6 Å². The lowest BCUT2D eigenvalue weighted by Gasteiger charge is -2.15. The lowest BCUT2D eigenvalue weighted by molar-refractivity contribution is -0.143. The number of fused-ring (bicyclic) bond motifs is 1. The zero-order chi connectivity index (χ0) is 23.8. The molecule has 7 nitrogen and oxygen atoms in total. The number of amides is 2. The minimum absolute atomic E-state index is 0.0366. The molecule has 0 saturated carbocycles. The van der Waals surface area contributed by atoms with Crippen molar-refractivity contribution >= 4 is 28.7 Å². The Morgan fingerprint density at radius 3 is 2.18 bits per heavy atom. The largest absolute Gasteiger partial charge is 0.416 e. The van der Waals surface area contributed by atoms with Crippen LogP contribution < -0.4 is 10.6 Å². The first kappa shape index (κ1) is 22.0. The van der Waals surface area contributed by atoms with Gasteiger partial charge in [0.15, 0.2) is 0 Å². The van der Waals surface area contributed by atoms with Crippen LogP contribution in [0.5, 0.6) is 0 Å². The van der Waals surface area contributed by atoms with Gasteiger partial charge in [-0.2, -0.15) is 31.3 Å². The van der Waals surface area contributed by atoms with Crippen LogP contribution in [0.1, 0.15) is 11.1 Å². The summed E-state index contributed by atoms with van der Waals surface area (Å²) in [5.41, 5.74) is -2.41. The lowest BCUT2D eigenvalue weighted by Crippen LogP contribution is -2.22. The number of carbonyl (C=O) groups is 1. The van der Waals surface area contributed by atoms with Crippen molar-refractivity contribution in [1.29, 1.82) is 0 Å². The van der Waals surface area contributed by atoms with Crippen molar-refractivity contribution < 1.29 is 31.1 Å². The number of para-hydroxylation sites is 2. The van der Waals surface area contributed by atoms with Crippen LogP contribution >= 0.6 is 0 Å². The minimum atomic E-state index is -5.04. The number of nitrogens with zero attached hydrogens (tertiary/aromatic N) is 4. The Balaban J connectivity index is 1.57. The van der Waals surface area contributed by atoms with E-state index in [1.807, 2.05) is 5.32 Å². The minimum Gasteiger partial charge on any atom is -0.308 e. The van der Waals surface area contributed by atoms with Crippen LogP contribution in [0.4, 0.5) is 42.8 Å². The molecule has 0 aliphatic carbocycles. The number of benzene rings is 2. The van der Waals surface area contributed by atoms with Gasteiger partial charge in [-0.05, 0) is 36.4 Å². The second-order valence-corrected chi connectivity index (χ2v) is 6.72. The van der Waals surface area contributed by atoms with E-state index in [0.717, 1.165) is 5.52 Å². The second kappa shape index (κ2) is 8.07. The molecule has 0 spiro atoms. The van der Waals surface area contributed by atoms with Crippen LogP contribution in [0.25, 0.3) is 16.9 Å². The third-order valence-corrected chi connectivity index (χ3v) is 4.41. The normalized spacial score (nSPS) is 12.1. The summed E-state index contributed by atoms with van der Waals surface area (Å²) in [4.78, 5) is 24.4. The zero-order valence-corrected chi connectivity index (χ0v) is 16.2. The molecule has 2 aromatic carbocycles. The summed E-state index contributed by atoms with van der Waals surface area (Å²) >= 11 is 0. The van der Waals surface area contributed by atoms with Crippen molar-refractivity contribution in [2.24, 2.45) is 0 Å². The first-order valence-corrected chi connectivity index (χ1v) is 9.14. The zero-order valence-electron chi connectivity index (χ0n) is 16.2. The topological polar surface area (TPSA) is 84.7 Å². The third-order valence-electron chi connectivity index (χ3n) is 4.41. The van der Waals surface area contributed by atoms with E-state index in [9.17, 15) is 31.1 Å². The molecule has 0 saturated heterocycles. The third kappa shape index (κ3) is 4.86. The summed E-state index contributed by atoms with van der Waals surface area (Å²) in [6.45, 7) is 0. The van der Waals surface area contributed by atoms with Crippen LogP contribution in [0.2, 0.25) is 0 Å². The van der Waals surface area contributed by atoms with Crippen LogP contribution in [-0.2, 0) is 12.4 Å². The molecule has 2 N–H and O–H groups in total. The Labute approximate surface area is 181 Å². The molecule has 170 valence electrons. The first-order chi connectivity index (χ1) is 15.5. The molecule has 33 heavy (non-hydrogen) atoms. The van der Waals surface area contributed by atoms with E-state index in [0.29, 0.717) is 23.5 Å². The predicted octanol–water partition coefficient (Wildman–Crippen LogP) is 5.50. The fourth-order valence-corrected chi connectivity index (χ4v) is 2.98. The Bertz CT molecular complexity index is 1300. The van der Waals surface area contributed by atoms with Crippen molar-refractivity contribution in [1.82, 2.24) is 19.5 Å². The van der Waals surface area contributed by atoms with Gasteiger partial charge in [-0.25, -0.2) is 14.8 Å². The molecule has 0 aliphatic rings. The number of nitrogens with one attached hydrogen (secondary N) is 2. The highest BCUT2D eigenvalue weighted by Gasteiger charge is 2.37. The van der Waals surface area contributed by atoms with Gasteiger partial charge in [0.2, 0.25) is 5.95 Å². The number of hydrogen-bond donors (Lipinski definition) is 2. The summed E-state index contributed by atoms with van der Waals surface area (Å²) in [7, 11) is 0. The highest BCUT2D eigenvalue weighted by atomic mass is 19.4. The second-order valence-electron chi connectivity index (χ2n) is 6.72. The molecule has 0 radical (unpaired) electrons. The Morgan fingerprint density at radius 2 is 1.52 bits per heavy atom. The van der Waals surface area contributed by atoms with Crippen molar-refractivity contribution in [3.8, 4) is 5.82 Å². The number of alkyl halides is 6. The molecular weight excluding hydrogens is 454 g/mol. The molecule has 2 heterocycles. The predicted molar refractivity (Wildman–Crippen MR) is 106 cm³/mol. The SMILES string of the molecule is O=C(Nc1cc(C(F)(F)F)cc(C(F)(F)F)c1)Nc1nccc(-n2cnc3ccccc32)n1. The molecule has 0 aliphatic heterocycles. The number of anilines is 2. The highest BCUT2D eigenvalue weighted by Crippen LogP contribution is 2.37. The van der Waals surface area contributed by atoms with E-state index in [2.05, 4.69) is 20.3 Å². The maximum Gasteiger partial charge on any atom is 0.416 e. The standard InChI is InChI=1S/C20H12F6N6O/c21-19(22,23)11-7-12(20(24,25)26)9-13(8-11)29-18(33)31-17-27-6-5-16(30-17)32-10-28-14-3-1-2-4-15(14)32/h1-10H,(H2,27,29,30,31,33). The van der Waals surface area contributed by atoms with Gasteiger partial charge in [-0.1, -0.05) is 12.1 Å². The maximum absolute atomic E-state index is 13.0. The smallest absolute Gasteiger partial charge is 0.308 e. The van der Waals surface area contributed by atoms with Crippen molar-refractivity contribution in [3.05, 3.63) is 72.2 Å². The van der Waals surface area contributed by atoms with Gasteiger partial charge >= 0.3 is 18.4 Å². The van der Waals surface area contributed by atoms with Gasteiger partial charge < -0.3 is 5.32 Å². The number of hydrogen-bond acceptors (Lipinski definition) is 4. The van der Waals surface area contributed by atoms with E-state index in [1.54, 1.807) is 28.8 Å². The quantitative estimate of drug-likeness (QED) is 0.391. The number of carbonyl (C=O) groups excluding carboxylic acids is 1. The van der Waals surface area contributed by atoms with E-state index in [4.69, 9.17) is 0 Å². The fourth-order valence-electron chi connectivity index (χ4n) is 2.98. The summed E-state index contributed by atoms with van der Waals surface area (Å²) in [5, 5.41) is 4.14. The number of aromatic nitrogens is 4. The Kier molecular flexibility index (Phi) is 5.39. The number of halogens is 6. The molecule has 0 unspecified atom stereocenters. The molecule has 4 aromatic rings. The van der Waals surface area contributed by atoms with E-state index < -0.39 is 35.2 Å². The average Bonchev–Trinajstić information content (AvgIpc) is 3.16. The van der Waals surface area contributed by atoms with Crippen LogP contribution in [0.3, 0.4) is 0 Å². The van der Waals surface area contributed by atoms with Crippen molar-refractivity contribution in [3.63, 3.8) is 0 Å².